The molecular weight excluding hydrogens is 250 g/mol. The molecule has 1 aromatic heterocycles. The van der Waals surface area contributed by atoms with Crippen molar-refractivity contribution in [3.05, 3.63) is 34.3 Å². The molecule has 0 aliphatic heterocycles. The third kappa shape index (κ3) is 2.57. The van der Waals surface area contributed by atoms with Crippen LogP contribution in [0.15, 0.2) is 27.4 Å². The summed E-state index contributed by atoms with van der Waals surface area (Å²) in [6.07, 6.45) is 0. The number of ketones is 1. The Labute approximate surface area is 108 Å². The van der Waals surface area contributed by atoms with E-state index < -0.39 is 11.7 Å². The normalized spacial score (nSPS) is 10.6. The van der Waals surface area contributed by atoms with Gasteiger partial charge in [-0.1, -0.05) is 0 Å². The molecule has 6 nitrogen and oxygen atoms in total. The minimum absolute atomic E-state index is 0.123. The second-order valence-corrected chi connectivity index (χ2v) is 4.00. The number of oxazole rings is 1. The molecular formula is C13H13NO5. The van der Waals surface area contributed by atoms with E-state index in [2.05, 4.69) is 0 Å². The Balaban J connectivity index is 2.45. The van der Waals surface area contributed by atoms with Crippen LogP contribution in [0.25, 0.3) is 11.1 Å². The van der Waals surface area contributed by atoms with Gasteiger partial charge in [0.05, 0.1) is 12.1 Å². The number of carbonyl (C=O) groups is 2. The number of benzene rings is 1. The summed E-state index contributed by atoms with van der Waals surface area (Å²) < 4.78 is 11.0. The summed E-state index contributed by atoms with van der Waals surface area (Å²) >= 11 is 0. The van der Waals surface area contributed by atoms with Crippen LogP contribution in [0.1, 0.15) is 24.2 Å². The predicted octanol–water partition coefficient (Wildman–Crippen LogP) is 1.36. The first kappa shape index (κ1) is 13.1. The summed E-state index contributed by atoms with van der Waals surface area (Å²) in [6, 6.07) is 4.65. The lowest BCUT2D eigenvalue weighted by Gasteiger charge is -2.02. The van der Waals surface area contributed by atoms with E-state index in [1.807, 2.05) is 0 Å². The van der Waals surface area contributed by atoms with Crippen molar-refractivity contribution in [3.63, 3.8) is 0 Å². The largest absolute Gasteiger partial charge is 0.465 e. The minimum Gasteiger partial charge on any atom is -0.465 e. The Bertz CT molecular complexity index is 695. The molecule has 0 saturated heterocycles. The van der Waals surface area contributed by atoms with Gasteiger partial charge >= 0.3 is 11.7 Å². The molecule has 0 aliphatic rings. The van der Waals surface area contributed by atoms with Crippen molar-refractivity contribution >= 4 is 22.9 Å². The van der Waals surface area contributed by atoms with Gasteiger partial charge in [0.2, 0.25) is 0 Å². The molecule has 2 aromatic rings. The summed E-state index contributed by atoms with van der Waals surface area (Å²) in [5.74, 6) is -1.28. The molecule has 0 unspecified atom stereocenters. The first-order valence-corrected chi connectivity index (χ1v) is 5.83. The summed E-state index contributed by atoms with van der Waals surface area (Å²) in [4.78, 5) is 34.3. The van der Waals surface area contributed by atoms with Crippen LogP contribution in [0.4, 0.5) is 0 Å². The van der Waals surface area contributed by atoms with Crippen molar-refractivity contribution in [1.29, 1.82) is 0 Å². The van der Waals surface area contributed by atoms with Crippen LogP contribution in [0.2, 0.25) is 0 Å². The van der Waals surface area contributed by atoms with Crippen LogP contribution in [0, 0.1) is 0 Å². The Hall–Kier alpha value is -2.37. The highest BCUT2D eigenvalue weighted by molar-refractivity contribution is 5.97. The zero-order valence-electron chi connectivity index (χ0n) is 10.6. The van der Waals surface area contributed by atoms with E-state index in [1.54, 1.807) is 19.1 Å². The van der Waals surface area contributed by atoms with Gasteiger partial charge < -0.3 is 9.15 Å². The predicted molar refractivity (Wildman–Crippen MR) is 67.1 cm³/mol. The molecule has 0 bridgehead atoms. The van der Waals surface area contributed by atoms with Crippen LogP contribution in [0.5, 0.6) is 0 Å². The second kappa shape index (κ2) is 5.09. The zero-order valence-corrected chi connectivity index (χ0v) is 10.6. The number of hydrogen-bond acceptors (Lipinski definition) is 5. The Kier molecular flexibility index (Phi) is 3.50. The van der Waals surface area contributed by atoms with E-state index >= 15 is 0 Å². The van der Waals surface area contributed by atoms with E-state index in [1.165, 1.54) is 17.6 Å². The van der Waals surface area contributed by atoms with Crippen LogP contribution < -0.4 is 5.76 Å². The molecule has 19 heavy (non-hydrogen) atoms. The van der Waals surface area contributed by atoms with E-state index in [0.29, 0.717) is 11.1 Å². The minimum atomic E-state index is -0.649. The summed E-state index contributed by atoms with van der Waals surface area (Å²) in [6.45, 7) is 3.15. The average molecular weight is 263 g/mol. The first-order valence-electron chi connectivity index (χ1n) is 5.83. The van der Waals surface area contributed by atoms with Gasteiger partial charge in [-0.15, -0.1) is 0 Å². The lowest BCUT2D eigenvalue weighted by Crippen LogP contribution is -2.21. The van der Waals surface area contributed by atoms with Crippen molar-refractivity contribution in [2.45, 2.75) is 20.4 Å². The highest BCUT2D eigenvalue weighted by Crippen LogP contribution is 2.15. The average Bonchev–Trinajstić information content (AvgIpc) is 2.65. The smallest absolute Gasteiger partial charge is 0.420 e. The molecule has 0 amide bonds. The van der Waals surface area contributed by atoms with Gasteiger partial charge in [-0.05, 0) is 32.0 Å². The Morgan fingerprint density at radius 2 is 2.11 bits per heavy atom. The van der Waals surface area contributed by atoms with Crippen molar-refractivity contribution in [2.75, 3.05) is 6.61 Å². The molecule has 6 heteroatoms. The molecule has 0 saturated carbocycles. The van der Waals surface area contributed by atoms with E-state index in [9.17, 15) is 14.4 Å². The van der Waals surface area contributed by atoms with Crippen molar-refractivity contribution in [2.24, 2.45) is 0 Å². The summed E-state index contributed by atoms with van der Waals surface area (Å²) in [5.41, 5.74) is 1.19. The number of esters is 1. The quantitative estimate of drug-likeness (QED) is 0.614. The fourth-order valence-electron chi connectivity index (χ4n) is 1.77. The topological polar surface area (TPSA) is 78.5 Å². The number of Topliss-reactive ketones (excluding diaryl/α,β-unsaturated/α-hetero) is 1. The Morgan fingerprint density at radius 1 is 1.37 bits per heavy atom. The molecule has 0 aliphatic carbocycles. The van der Waals surface area contributed by atoms with Gasteiger partial charge in [0, 0.05) is 5.56 Å². The highest BCUT2D eigenvalue weighted by atomic mass is 16.5. The second-order valence-electron chi connectivity index (χ2n) is 4.00. The van der Waals surface area contributed by atoms with Gasteiger partial charge in [0.25, 0.3) is 0 Å². The van der Waals surface area contributed by atoms with Gasteiger partial charge in [-0.3, -0.25) is 14.2 Å². The number of ether oxygens (including phenoxy) is 1. The maximum Gasteiger partial charge on any atom is 0.420 e. The van der Waals surface area contributed by atoms with Gasteiger partial charge in [0.15, 0.2) is 11.4 Å². The third-order valence-corrected chi connectivity index (χ3v) is 2.67. The molecule has 1 heterocycles. The lowest BCUT2D eigenvalue weighted by atomic mass is 10.1. The summed E-state index contributed by atoms with van der Waals surface area (Å²) in [5, 5.41) is 0. The maximum atomic E-state index is 11.7. The fourth-order valence-corrected chi connectivity index (χ4v) is 1.77. The fraction of sp³-hybridized carbons (Fsp3) is 0.308. The van der Waals surface area contributed by atoms with Crippen LogP contribution in [-0.2, 0) is 16.1 Å². The molecule has 0 atom stereocenters. The summed E-state index contributed by atoms with van der Waals surface area (Å²) in [7, 11) is 0. The molecule has 100 valence electrons. The van der Waals surface area contributed by atoms with Crippen LogP contribution >= 0.6 is 0 Å². The number of aromatic nitrogens is 1. The number of rotatable bonds is 4. The highest BCUT2D eigenvalue weighted by Gasteiger charge is 2.14. The van der Waals surface area contributed by atoms with E-state index in [4.69, 9.17) is 9.15 Å². The number of hydrogen-bond donors (Lipinski definition) is 0. The number of carbonyl (C=O) groups excluding carboxylic acids is 2. The standard InChI is InChI=1S/C13H13NO5/c1-3-18-12(16)7-14-10-5-4-9(8(2)15)6-11(10)19-13(14)17/h4-6H,3,7H2,1-2H3. The first-order chi connectivity index (χ1) is 9.02. The van der Waals surface area contributed by atoms with Crippen molar-refractivity contribution in [3.8, 4) is 0 Å². The SMILES string of the molecule is CCOC(=O)Cn1c(=O)oc2cc(C(C)=O)ccc21. The third-order valence-electron chi connectivity index (χ3n) is 2.67. The number of fused-ring (bicyclic) bond motifs is 1. The monoisotopic (exact) mass is 263 g/mol. The Morgan fingerprint density at radius 3 is 2.74 bits per heavy atom. The van der Waals surface area contributed by atoms with Crippen molar-refractivity contribution in [1.82, 2.24) is 4.57 Å². The molecule has 0 fully saturated rings. The van der Waals surface area contributed by atoms with E-state index in [-0.39, 0.29) is 24.5 Å². The van der Waals surface area contributed by atoms with E-state index in [0.717, 1.165) is 0 Å². The lowest BCUT2D eigenvalue weighted by molar-refractivity contribution is -0.143. The molecule has 0 N–H and O–H groups in total. The maximum absolute atomic E-state index is 11.7. The molecule has 1 aromatic carbocycles. The van der Waals surface area contributed by atoms with Crippen LogP contribution in [-0.4, -0.2) is 22.9 Å². The zero-order chi connectivity index (χ0) is 14.0. The molecule has 2 rings (SSSR count). The van der Waals surface area contributed by atoms with Gasteiger partial charge in [-0.25, -0.2) is 4.79 Å². The van der Waals surface area contributed by atoms with Crippen molar-refractivity contribution < 1.29 is 18.7 Å². The number of nitrogens with zero attached hydrogens (tertiary/aromatic N) is 1. The van der Waals surface area contributed by atoms with Gasteiger partial charge in [-0.2, -0.15) is 0 Å². The molecule has 0 radical (unpaired) electrons. The molecule has 0 spiro atoms. The van der Waals surface area contributed by atoms with Gasteiger partial charge in [0.1, 0.15) is 6.54 Å². The van der Waals surface area contributed by atoms with Crippen LogP contribution in [0.3, 0.4) is 0 Å².